The van der Waals surface area contributed by atoms with Crippen LogP contribution in [0.5, 0.6) is 0 Å². The van der Waals surface area contributed by atoms with E-state index < -0.39 is 5.97 Å². The van der Waals surface area contributed by atoms with Gasteiger partial charge in [-0.2, -0.15) is 0 Å². The molecule has 0 aromatic carbocycles. The van der Waals surface area contributed by atoms with Crippen molar-refractivity contribution < 1.29 is 9.90 Å². The van der Waals surface area contributed by atoms with E-state index in [1.165, 1.54) is 0 Å². The molecule has 1 aliphatic heterocycles. The summed E-state index contributed by atoms with van der Waals surface area (Å²) in [6.45, 7) is 2.06. The molecule has 1 heterocycles. The number of hydrogen-bond acceptors (Lipinski definition) is 3. The van der Waals surface area contributed by atoms with Crippen LogP contribution in [0.25, 0.3) is 0 Å². The Kier molecular flexibility index (Phi) is 3.20. The SMILES string of the molecule is CC[C@H]1N[C@H](C(=O)O)CCS1. The molecule has 2 atom stereocenters. The first-order chi connectivity index (χ1) is 5.24. The van der Waals surface area contributed by atoms with Crippen LogP contribution in [0, 0.1) is 0 Å². The largest absolute Gasteiger partial charge is 0.480 e. The first-order valence-electron chi connectivity index (χ1n) is 3.84. The van der Waals surface area contributed by atoms with Gasteiger partial charge in [0.1, 0.15) is 6.04 Å². The molecule has 1 rings (SSSR count). The second kappa shape index (κ2) is 3.97. The monoisotopic (exact) mass is 175 g/mol. The van der Waals surface area contributed by atoms with Gasteiger partial charge in [0.2, 0.25) is 0 Å². The van der Waals surface area contributed by atoms with Crippen LogP contribution in [0.3, 0.4) is 0 Å². The first-order valence-corrected chi connectivity index (χ1v) is 4.89. The third-order valence-corrected chi connectivity index (χ3v) is 3.12. The summed E-state index contributed by atoms with van der Waals surface area (Å²) in [7, 11) is 0. The predicted molar refractivity (Wildman–Crippen MR) is 45.7 cm³/mol. The Morgan fingerprint density at radius 1 is 1.82 bits per heavy atom. The molecule has 0 amide bonds. The number of rotatable bonds is 2. The number of carboxylic acid groups (broad SMARTS) is 1. The average molecular weight is 175 g/mol. The molecule has 64 valence electrons. The van der Waals surface area contributed by atoms with Crippen LogP contribution < -0.4 is 5.32 Å². The molecule has 2 N–H and O–H groups in total. The van der Waals surface area contributed by atoms with Crippen molar-refractivity contribution in [1.29, 1.82) is 0 Å². The lowest BCUT2D eigenvalue weighted by molar-refractivity contribution is -0.139. The molecule has 1 aliphatic rings. The van der Waals surface area contributed by atoms with E-state index in [2.05, 4.69) is 12.2 Å². The Morgan fingerprint density at radius 2 is 2.55 bits per heavy atom. The van der Waals surface area contributed by atoms with Crippen LogP contribution in [-0.4, -0.2) is 28.2 Å². The number of thioether (sulfide) groups is 1. The number of nitrogens with one attached hydrogen (secondary N) is 1. The molecule has 0 bridgehead atoms. The van der Waals surface area contributed by atoms with Gasteiger partial charge in [0.25, 0.3) is 0 Å². The molecule has 3 nitrogen and oxygen atoms in total. The van der Waals surface area contributed by atoms with Gasteiger partial charge >= 0.3 is 5.97 Å². The topological polar surface area (TPSA) is 49.3 Å². The van der Waals surface area contributed by atoms with Crippen molar-refractivity contribution in [3.8, 4) is 0 Å². The maximum atomic E-state index is 10.5. The van der Waals surface area contributed by atoms with Crippen LogP contribution in [-0.2, 0) is 4.79 Å². The predicted octanol–water partition coefficient (Wildman–Crippen LogP) is 0.902. The van der Waals surface area contributed by atoms with E-state index in [0.717, 1.165) is 18.6 Å². The van der Waals surface area contributed by atoms with Gasteiger partial charge in [-0.15, -0.1) is 11.8 Å². The second-order valence-electron chi connectivity index (χ2n) is 2.61. The normalized spacial score (nSPS) is 31.7. The highest BCUT2D eigenvalue weighted by molar-refractivity contribution is 7.99. The molecule has 0 unspecified atom stereocenters. The fraction of sp³-hybridized carbons (Fsp3) is 0.857. The molecular weight excluding hydrogens is 162 g/mol. The van der Waals surface area contributed by atoms with Gasteiger partial charge in [-0.3, -0.25) is 10.1 Å². The van der Waals surface area contributed by atoms with E-state index in [0.29, 0.717) is 5.37 Å². The van der Waals surface area contributed by atoms with Crippen molar-refractivity contribution in [2.24, 2.45) is 0 Å². The lowest BCUT2D eigenvalue weighted by atomic mass is 10.2. The summed E-state index contributed by atoms with van der Waals surface area (Å²) >= 11 is 1.81. The zero-order chi connectivity index (χ0) is 8.27. The minimum absolute atomic E-state index is 0.318. The Labute approximate surface area is 70.6 Å². The molecule has 11 heavy (non-hydrogen) atoms. The van der Waals surface area contributed by atoms with Gasteiger partial charge in [0, 0.05) is 0 Å². The third kappa shape index (κ3) is 2.38. The number of carboxylic acids is 1. The molecule has 0 aliphatic carbocycles. The average Bonchev–Trinajstić information content (AvgIpc) is 2.05. The van der Waals surface area contributed by atoms with Crippen LogP contribution in [0.4, 0.5) is 0 Å². The van der Waals surface area contributed by atoms with Crippen molar-refractivity contribution >= 4 is 17.7 Å². The van der Waals surface area contributed by atoms with E-state index in [1.807, 2.05) is 11.8 Å². The van der Waals surface area contributed by atoms with Gasteiger partial charge in [-0.1, -0.05) is 6.92 Å². The van der Waals surface area contributed by atoms with E-state index in [-0.39, 0.29) is 6.04 Å². The Morgan fingerprint density at radius 3 is 3.09 bits per heavy atom. The number of aliphatic carboxylic acids is 1. The Bertz CT molecular complexity index is 151. The summed E-state index contributed by atoms with van der Waals surface area (Å²) in [6, 6.07) is -0.318. The number of hydrogen-bond donors (Lipinski definition) is 2. The fourth-order valence-corrected chi connectivity index (χ4v) is 2.27. The summed E-state index contributed by atoms with van der Waals surface area (Å²) in [6.07, 6.45) is 1.74. The van der Waals surface area contributed by atoms with Crippen LogP contribution in [0.15, 0.2) is 0 Å². The summed E-state index contributed by atoms with van der Waals surface area (Å²) < 4.78 is 0. The van der Waals surface area contributed by atoms with E-state index in [1.54, 1.807) is 0 Å². The first kappa shape index (κ1) is 8.87. The lowest BCUT2D eigenvalue weighted by Crippen LogP contribution is -2.45. The molecule has 0 aromatic rings. The minimum Gasteiger partial charge on any atom is -0.480 e. The molecule has 0 aromatic heterocycles. The summed E-state index contributed by atoms with van der Waals surface area (Å²) in [4.78, 5) is 10.5. The van der Waals surface area contributed by atoms with Crippen LogP contribution in [0.2, 0.25) is 0 Å². The van der Waals surface area contributed by atoms with Crippen molar-refractivity contribution in [3.63, 3.8) is 0 Å². The van der Waals surface area contributed by atoms with Gasteiger partial charge in [0.05, 0.1) is 5.37 Å². The summed E-state index contributed by atoms with van der Waals surface area (Å²) in [5, 5.41) is 12.1. The summed E-state index contributed by atoms with van der Waals surface area (Å²) in [5.74, 6) is 0.242. The molecule has 0 saturated carbocycles. The molecular formula is C7H13NO2S. The number of carbonyl (C=O) groups is 1. The molecule has 1 saturated heterocycles. The maximum absolute atomic E-state index is 10.5. The van der Waals surface area contributed by atoms with Gasteiger partial charge in [-0.05, 0) is 18.6 Å². The van der Waals surface area contributed by atoms with Crippen molar-refractivity contribution in [1.82, 2.24) is 5.32 Å². The quantitative estimate of drug-likeness (QED) is 0.654. The highest BCUT2D eigenvalue weighted by Crippen LogP contribution is 2.20. The maximum Gasteiger partial charge on any atom is 0.320 e. The van der Waals surface area contributed by atoms with E-state index >= 15 is 0 Å². The smallest absolute Gasteiger partial charge is 0.320 e. The highest BCUT2D eigenvalue weighted by Gasteiger charge is 2.24. The van der Waals surface area contributed by atoms with E-state index in [9.17, 15) is 4.79 Å². The van der Waals surface area contributed by atoms with E-state index in [4.69, 9.17) is 5.11 Å². The van der Waals surface area contributed by atoms with Gasteiger partial charge in [-0.25, -0.2) is 0 Å². The fourth-order valence-electron chi connectivity index (χ4n) is 1.11. The Hall–Kier alpha value is -0.220. The third-order valence-electron chi connectivity index (χ3n) is 1.78. The second-order valence-corrected chi connectivity index (χ2v) is 3.92. The van der Waals surface area contributed by atoms with Gasteiger partial charge in [0.15, 0.2) is 0 Å². The molecule has 0 radical (unpaired) electrons. The zero-order valence-corrected chi connectivity index (χ0v) is 7.36. The lowest BCUT2D eigenvalue weighted by Gasteiger charge is -2.26. The Balaban J connectivity index is 2.39. The molecule has 4 heteroatoms. The van der Waals surface area contributed by atoms with Crippen molar-refractivity contribution in [2.75, 3.05) is 5.75 Å². The molecule has 1 fully saturated rings. The zero-order valence-electron chi connectivity index (χ0n) is 6.54. The minimum atomic E-state index is -0.719. The summed E-state index contributed by atoms with van der Waals surface area (Å²) in [5.41, 5.74) is 0. The van der Waals surface area contributed by atoms with Crippen molar-refractivity contribution in [3.05, 3.63) is 0 Å². The standard InChI is InChI=1S/C7H13NO2S/c1-2-6-8-5(7(9)10)3-4-11-6/h5-6,8H,2-4H2,1H3,(H,9,10)/t5-,6-/m0/s1. The van der Waals surface area contributed by atoms with Crippen LogP contribution in [0.1, 0.15) is 19.8 Å². The molecule has 0 spiro atoms. The van der Waals surface area contributed by atoms with Crippen LogP contribution >= 0.6 is 11.8 Å². The highest BCUT2D eigenvalue weighted by atomic mass is 32.2. The van der Waals surface area contributed by atoms with Crippen molar-refractivity contribution in [2.45, 2.75) is 31.2 Å². The van der Waals surface area contributed by atoms with Gasteiger partial charge < -0.3 is 5.11 Å².